The fourth-order valence-corrected chi connectivity index (χ4v) is 3.49. The van der Waals surface area contributed by atoms with E-state index in [0.717, 1.165) is 0 Å². The molecule has 10 heteroatoms. The molecule has 132 valence electrons. The molecular formula is C14H22N5O4P. The van der Waals surface area contributed by atoms with E-state index in [4.69, 9.17) is 14.8 Å². The van der Waals surface area contributed by atoms with Crippen LogP contribution in [0, 0.1) is 0 Å². The van der Waals surface area contributed by atoms with Gasteiger partial charge in [0.15, 0.2) is 11.5 Å². The predicted octanol–water partition coefficient (Wildman–Crippen LogP) is 1.94. The Morgan fingerprint density at radius 3 is 2.71 bits per heavy atom. The van der Waals surface area contributed by atoms with Crippen LogP contribution in [0.1, 0.15) is 20.3 Å². The molecule has 0 aromatic carbocycles. The van der Waals surface area contributed by atoms with Gasteiger partial charge in [-0.25, -0.2) is 15.0 Å². The number of hydrogen-bond donors (Lipinski definition) is 2. The third-order valence-electron chi connectivity index (χ3n) is 3.20. The van der Waals surface area contributed by atoms with Gasteiger partial charge in [0.05, 0.1) is 25.6 Å². The first-order valence-electron chi connectivity index (χ1n) is 7.66. The van der Waals surface area contributed by atoms with Crippen LogP contribution in [0.3, 0.4) is 0 Å². The van der Waals surface area contributed by atoms with Crippen LogP contribution in [0.5, 0.6) is 0 Å². The van der Waals surface area contributed by atoms with E-state index in [1.807, 2.05) is 0 Å². The van der Waals surface area contributed by atoms with Gasteiger partial charge in [-0.15, -0.1) is 0 Å². The van der Waals surface area contributed by atoms with Gasteiger partial charge in [0.2, 0.25) is 0 Å². The van der Waals surface area contributed by atoms with Gasteiger partial charge < -0.3 is 24.5 Å². The maximum absolute atomic E-state index is 12.3. The average molecular weight is 355 g/mol. The van der Waals surface area contributed by atoms with E-state index in [9.17, 15) is 9.67 Å². The number of aliphatic hydroxyl groups excluding tert-OH is 1. The number of imidazole rings is 1. The lowest BCUT2D eigenvalue weighted by molar-refractivity contribution is 0.204. The Morgan fingerprint density at radius 1 is 1.33 bits per heavy atom. The van der Waals surface area contributed by atoms with Crippen molar-refractivity contribution in [3.8, 4) is 0 Å². The Bertz CT molecular complexity index is 738. The maximum Gasteiger partial charge on any atom is 0.353 e. The van der Waals surface area contributed by atoms with Crippen LogP contribution in [-0.4, -0.2) is 43.9 Å². The summed E-state index contributed by atoms with van der Waals surface area (Å²) in [6.07, 6.45) is 3.96. The SMILES string of the molecule is CCOP(=O)(/C=C/C(O)CCn1cnc2c(N)ncnc21)OCC. The summed E-state index contributed by atoms with van der Waals surface area (Å²) in [6, 6.07) is 0. The van der Waals surface area contributed by atoms with E-state index in [1.54, 1.807) is 24.7 Å². The van der Waals surface area contributed by atoms with Crippen LogP contribution in [0.4, 0.5) is 5.82 Å². The molecule has 24 heavy (non-hydrogen) atoms. The molecule has 2 aromatic rings. The van der Waals surface area contributed by atoms with Crippen molar-refractivity contribution in [2.75, 3.05) is 18.9 Å². The molecule has 0 aliphatic carbocycles. The lowest BCUT2D eigenvalue weighted by atomic mass is 10.2. The Labute approximate surface area is 140 Å². The standard InChI is InChI=1S/C14H22N5O4P/c1-3-22-24(21,23-4-2)8-6-11(20)5-7-19-10-18-12-13(15)16-9-17-14(12)19/h6,8-11,20H,3-5,7H2,1-2H3,(H2,15,16,17)/b8-6+. The van der Waals surface area contributed by atoms with Crippen LogP contribution in [0.15, 0.2) is 24.5 Å². The molecule has 9 nitrogen and oxygen atoms in total. The van der Waals surface area contributed by atoms with Crippen molar-refractivity contribution in [3.63, 3.8) is 0 Å². The van der Waals surface area contributed by atoms with Gasteiger partial charge in [-0.05, 0) is 26.3 Å². The highest BCUT2D eigenvalue weighted by Crippen LogP contribution is 2.49. The number of aliphatic hydroxyl groups is 1. The van der Waals surface area contributed by atoms with Crippen molar-refractivity contribution in [2.24, 2.45) is 0 Å². The third-order valence-corrected chi connectivity index (χ3v) is 4.98. The predicted molar refractivity (Wildman–Crippen MR) is 90.4 cm³/mol. The fourth-order valence-electron chi connectivity index (χ4n) is 2.12. The van der Waals surface area contributed by atoms with Crippen molar-refractivity contribution in [3.05, 3.63) is 24.5 Å². The van der Waals surface area contributed by atoms with Crippen LogP contribution >= 0.6 is 7.60 Å². The Balaban J connectivity index is 1.99. The number of hydrogen-bond acceptors (Lipinski definition) is 8. The number of nitrogen functional groups attached to an aromatic ring is 1. The topological polar surface area (TPSA) is 125 Å². The first kappa shape index (κ1) is 18.5. The minimum atomic E-state index is -3.30. The summed E-state index contributed by atoms with van der Waals surface area (Å²) in [4.78, 5) is 12.2. The molecule has 0 aliphatic rings. The second kappa shape index (κ2) is 8.34. The molecule has 0 fully saturated rings. The first-order valence-corrected chi connectivity index (χ1v) is 9.27. The molecule has 2 rings (SSSR count). The molecule has 1 unspecified atom stereocenters. The number of aryl methyl sites for hydroxylation is 1. The summed E-state index contributed by atoms with van der Waals surface area (Å²) in [5.74, 6) is 1.62. The van der Waals surface area contributed by atoms with Gasteiger partial charge in [-0.3, -0.25) is 4.57 Å². The van der Waals surface area contributed by atoms with E-state index in [-0.39, 0.29) is 13.2 Å². The zero-order valence-electron chi connectivity index (χ0n) is 13.7. The molecule has 0 radical (unpaired) electrons. The minimum absolute atomic E-state index is 0.264. The molecule has 0 spiro atoms. The van der Waals surface area contributed by atoms with Gasteiger partial charge >= 0.3 is 7.60 Å². The Kier molecular flexibility index (Phi) is 6.44. The number of fused-ring (bicyclic) bond motifs is 1. The second-order valence-electron chi connectivity index (χ2n) is 4.94. The lowest BCUT2D eigenvalue weighted by Crippen LogP contribution is -2.08. The highest BCUT2D eigenvalue weighted by molar-refractivity contribution is 7.57. The maximum atomic E-state index is 12.3. The highest BCUT2D eigenvalue weighted by atomic mass is 31.2. The average Bonchev–Trinajstić information content (AvgIpc) is 2.96. The van der Waals surface area contributed by atoms with Crippen LogP contribution < -0.4 is 5.73 Å². The highest BCUT2D eigenvalue weighted by Gasteiger charge is 2.19. The minimum Gasteiger partial charge on any atom is -0.389 e. The first-order chi connectivity index (χ1) is 11.5. The number of rotatable bonds is 9. The third kappa shape index (κ3) is 4.61. The zero-order chi connectivity index (χ0) is 17.6. The number of nitrogens with two attached hydrogens (primary N) is 1. The molecule has 2 aromatic heterocycles. The monoisotopic (exact) mass is 355 g/mol. The van der Waals surface area contributed by atoms with Gasteiger partial charge in [-0.1, -0.05) is 0 Å². The second-order valence-corrected chi connectivity index (χ2v) is 6.84. The van der Waals surface area contributed by atoms with E-state index in [2.05, 4.69) is 15.0 Å². The normalized spacial score (nSPS) is 13.8. The summed E-state index contributed by atoms with van der Waals surface area (Å²) < 4.78 is 24.3. The number of nitrogens with zero attached hydrogens (tertiary/aromatic N) is 4. The molecule has 1 atom stereocenters. The van der Waals surface area contributed by atoms with Gasteiger partial charge in [0.25, 0.3) is 0 Å². The smallest absolute Gasteiger partial charge is 0.353 e. The van der Waals surface area contributed by atoms with E-state index in [1.165, 1.54) is 18.2 Å². The molecule has 0 aliphatic heterocycles. The quantitative estimate of drug-likeness (QED) is 0.654. The van der Waals surface area contributed by atoms with Gasteiger partial charge in [0.1, 0.15) is 11.8 Å². The lowest BCUT2D eigenvalue weighted by Gasteiger charge is -2.13. The molecule has 0 saturated carbocycles. The van der Waals surface area contributed by atoms with Crippen molar-refractivity contribution >= 4 is 24.6 Å². The van der Waals surface area contributed by atoms with Crippen molar-refractivity contribution in [1.82, 2.24) is 19.5 Å². The summed E-state index contributed by atoms with van der Waals surface area (Å²) in [6.45, 7) is 4.45. The number of aromatic nitrogens is 4. The molecule has 0 amide bonds. The van der Waals surface area contributed by atoms with Crippen LogP contribution in [-0.2, 0) is 20.2 Å². The summed E-state index contributed by atoms with van der Waals surface area (Å²) in [5, 5.41) is 10.1. The summed E-state index contributed by atoms with van der Waals surface area (Å²) in [5.41, 5.74) is 6.86. The number of anilines is 1. The van der Waals surface area contributed by atoms with Crippen LogP contribution in [0.25, 0.3) is 11.2 Å². The molecular weight excluding hydrogens is 333 g/mol. The molecule has 2 heterocycles. The zero-order valence-corrected chi connectivity index (χ0v) is 14.6. The molecule has 3 N–H and O–H groups in total. The van der Waals surface area contributed by atoms with Crippen molar-refractivity contribution in [1.29, 1.82) is 0 Å². The van der Waals surface area contributed by atoms with E-state index in [0.29, 0.717) is 29.9 Å². The Hall–Kier alpha value is -1.80. The fraction of sp³-hybridized carbons (Fsp3) is 0.500. The summed E-state index contributed by atoms with van der Waals surface area (Å²) >= 11 is 0. The van der Waals surface area contributed by atoms with E-state index >= 15 is 0 Å². The molecule has 0 saturated heterocycles. The van der Waals surface area contributed by atoms with Crippen molar-refractivity contribution < 1.29 is 18.7 Å². The van der Waals surface area contributed by atoms with Crippen molar-refractivity contribution in [2.45, 2.75) is 32.9 Å². The largest absolute Gasteiger partial charge is 0.389 e. The summed E-state index contributed by atoms with van der Waals surface area (Å²) in [7, 11) is -3.30. The van der Waals surface area contributed by atoms with Crippen LogP contribution in [0.2, 0.25) is 0 Å². The molecule has 0 bridgehead atoms. The van der Waals surface area contributed by atoms with Gasteiger partial charge in [-0.2, -0.15) is 0 Å². The Morgan fingerprint density at radius 2 is 2.04 bits per heavy atom. The van der Waals surface area contributed by atoms with E-state index < -0.39 is 13.7 Å². The van der Waals surface area contributed by atoms with Gasteiger partial charge in [0, 0.05) is 12.4 Å².